The molecule has 0 aliphatic rings. The summed E-state index contributed by atoms with van der Waals surface area (Å²) in [4.78, 5) is 31.3. The van der Waals surface area contributed by atoms with Crippen LogP contribution >= 0.6 is 11.3 Å². The highest BCUT2D eigenvalue weighted by molar-refractivity contribution is 7.18. The second-order valence-electron chi connectivity index (χ2n) is 5.17. The van der Waals surface area contributed by atoms with Crippen molar-refractivity contribution in [2.24, 2.45) is 0 Å². The maximum Gasteiger partial charge on any atom is 0.258 e. The average Bonchev–Trinajstić information content (AvgIpc) is 3.10. The van der Waals surface area contributed by atoms with Crippen LogP contribution in [0, 0.1) is 0 Å². The first-order chi connectivity index (χ1) is 12.2. The topological polar surface area (TPSA) is 101 Å². The van der Waals surface area contributed by atoms with Gasteiger partial charge in [-0.3, -0.25) is 19.9 Å². The maximum atomic E-state index is 12.6. The number of aromatic nitrogens is 4. The van der Waals surface area contributed by atoms with E-state index in [1.165, 1.54) is 17.4 Å². The van der Waals surface area contributed by atoms with Crippen LogP contribution in [-0.2, 0) is 0 Å². The highest BCUT2D eigenvalue weighted by Crippen LogP contribution is 2.25. The number of pyridine rings is 2. The minimum Gasteiger partial charge on any atom is -0.322 e. The third kappa shape index (κ3) is 3.02. The van der Waals surface area contributed by atoms with Crippen molar-refractivity contribution in [1.29, 1.82) is 0 Å². The van der Waals surface area contributed by atoms with Crippen LogP contribution in [0.4, 0.5) is 5.13 Å². The minimum atomic E-state index is -0.411. The molecule has 1 aromatic carbocycles. The molecule has 0 atom stereocenters. The molecule has 2 N–H and O–H groups in total. The molecular weight excluding hydrogens is 338 g/mol. The summed E-state index contributed by atoms with van der Waals surface area (Å²) >= 11 is 1.22. The third-order valence-corrected chi connectivity index (χ3v) is 4.39. The molecule has 0 aliphatic carbocycles. The molecule has 7 nitrogen and oxygen atoms in total. The zero-order valence-electron chi connectivity index (χ0n) is 12.8. The van der Waals surface area contributed by atoms with Crippen molar-refractivity contribution in [2.75, 3.05) is 5.32 Å². The van der Waals surface area contributed by atoms with Gasteiger partial charge in [0, 0.05) is 23.2 Å². The Morgan fingerprint density at radius 2 is 1.92 bits per heavy atom. The van der Waals surface area contributed by atoms with Crippen molar-refractivity contribution in [2.45, 2.75) is 0 Å². The van der Waals surface area contributed by atoms with E-state index < -0.39 is 5.91 Å². The van der Waals surface area contributed by atoms with Gasteiger partial charge in [0.25, 0.3) is 5.91 Å². The lowest BCUT2D eigenvalue weighted by Crippen LogP contribution is -2.16. The lowest BCUT2D eigenvalue weighted by Gasteiger charge is -2.05. The van der Waals surface area contributed by atoms with E-state index in [0.29, 0.717) is 26.7 Å². The van der Waals surface area contributed by atoms with Crippen molar-refractivity contribution >= 4 is 33.3 Å². The number of hydrogen-bond donors (Lipinski definition) is 2. The minimum absolute atomic E-state index is 0.286. The fourth-order valence-electron chi connectivity index (χ4n) is 2.42. The summed E-state index contributed by atoms with van der Waals surface area (Å²) in [5.74, 6) is -0.411. The zero-order chi connectivity index (χ0) is 17.2. The monoisotopic (exact) mass is 349 g/mol. The number of rotatable bonds is 3. The molecule has 0 unspecified atom stereocenters. The van der Waals surface area contributed by atoms with Crippen molar-refractivity contribution in [3.63, 3.8) is 0 Å². The van der Waals surface area contributed by atoms with E-state index in [-0.39, 0.29) is 11.1 Å². The number of aromatic amines is 1. The summed E-state index contributed by atoms with van der Waals surface area (Å²) in [5.41, 5.74) is 1.23. The van der Waals surface area contributed by atoms with Gasteiger partial charge in [-0.2, -0.15) is 0 Å². The predicted octanol–water partition coefficient (Wildman–Crippen LogP) is 2.69. The first kappa shape index (κ1) is 15.2. The standard InChI is InChI=1S/C17H11N5O2S/c23-14-9-11(10-5-1-2-6-12(10)19-14)15(24)20-17-22-21-16(25-17)13-7-3-4-8-18-13/h1-9H,(H,19,23)(H,20,22,24). The van der Waals surface area contributed by atoms with Gasteiger partial charge in [0.2, 0.25) is 10.7 Å². The summed E-state index contributed by atoms with van der Waals surface area (Å²) in [6.07, 6.45) is 1.66. The summed E-state index contributed by atoms with van der Waals surface area (Å²) in [5, 5.41) is 12.3. The van der Waals surface area contributed by atoms with Gasteiger partial charge in [0.15, 0.2) is 5.01 Å². The molecule has 3 heterocycles. The Morgan fingerprint density at radius 1 is 1.08 bits per heavy atom. The van der Waals surface area contributed by atoms with Crippen LogP contribution in [0.2, 0.25) is 0 Å². The summed E-state index contributed by atoms with van der Waals surface area (Å²) in [6.45, 7) is 0. The smallest absolute Gasteiger partial charge is 0.258 e. The van der Waals surface area contributed by atoms with E-state index in [4.69, 9.17) is 0 Å². The first-order valence-electron chi connectivity index (χ1n) is 7.39. The molecule has 0 bridgehead atoms. The van der Waals surface area contributed by atoms with Crippen molar-refractivity contribution in [3.8, 4) is 10.7 Å². The Bertz CT molecular complexity index is 1120. The second kappa shape index (κ2) is 6.25. The van der Waals surface area contributed by atoms with Crippen LogP contribution in [0.3, 0.4) is 0 Å². The molecule has 0 fully saturated rings. The van der Waals surface area contributed by atoms with Gasteiger partial charge in [-0.1, -0.05) is 35.6 Å². The summed E-state index contributed by atoms with van der Waals surface area (Å²) in [6, 6.07) is 13.9. The molecule has 25 heavy (non-hydrogen) atoms. The molecule has 0 saturated carbocycles. The normalized spacial score (nSPS) is 10.7. The number of amides is 1. The SMILES string of the molecule is O=C(Nc1nnc(-c2ccccn2)s1)c1cc(=O)[nH]c2ccccc12. The molecule has 1 amide bonds. The molecular formula is C17H11N5O2S. The molecule has 0 aliphatic heterocycles. The number of benzene rings is 1. The first-order valence-corrected chi connectivity index (χ1v) is 8.21. The zero-order valence-corrected chi connectivity index (χ0v) is 13.6. The van der Waals surface area contributed by atoms with Gasteiger partial charge < -0.3 is 4.98 Å². The quantitative estimate of drug-likeness (QED) is 0.592. The average molecular weight is 349 g/mol. The van der Waals surface area contributed by atoms with Crippen LogP contribution in [0.1, 0.15) is 10.4 Å². The van der Waals surface area contributed by atoms with Gasteiger partial charge in [0.05, 0.1) is 5.56 Å². The third-order valence-electron chi connectivity index (χ3n) is 3.52. The summed E-state index contributed by atoms with van der Waals surface area (Å²) in [7, 11) is 0. The number of carbonyl (C=O) groups excluding carboxylic acids is 1. The van der Waals surface area contributed by atoms with Gasteiger partial charge >= 0.3 is 0 Å². The fraction of sp³-hybridized carbons (Fsp3) is 0. The summed E-state index contributed by atoms with van der Waals surface area (Å²) < 4.78 is 0. The van der Waals surface area contributed by atoms with Crippen LogP contribution in [0.25, 0.3) is 21.6 Å². The van der Waals surface area contributed by atoms with E-state index in [1.807, 2.05) is 24.3 Å². The largest absolute Gasteiger partial charge is 0.322 e. The van der Waals surface area contributed by atoms with Gasteiger partial charge in [-0.15, -0.1) is 10.2 Å². The van der Waals surface area contributed by atoms with Crippen LogP contribution in [0.5, 0.6) is 0 Å². The van der Waals surface area contributed by atoms with Crippen molar-refractivity contribution in [3.05, 3.63) is 70.6 Å². The van der Waals surface area contributed by atoms with Gasteiger partial charge in [-0.05, 0) is 18.2 Å². The molecule has 0 saturated heterocycles. The number of carbonyl (C=O) groups is 1. The number of nitrogens with zero attached hydrogens (tertiary/aromatic N) is 3. The molecule has 122 valence electrons. The Hall–Kier alpha value is -3.39. The van der Waals surface area contributed by atoms with E-state index in [1.54, 1.807) is 24.4 Å². The van der Waals surface area contributed by atoms with E-state index >= 15 is 0 Å². The lowest BCUT2D eigenvalue weighted by atomic mass is 10.1. The van der Waals surface area contributed by atoms with Gasteiger partial charge in [-0.25, -0.2) is 0 Å². The van der Waals surface area contributed by atoms with Crippen LogP contribution in [-0.4, -0.2) is 26.1 Å². The molecule has 4 aromatic rings. The molecule has 3 aromatic heterocycles. The second-order valence-corrected chi connectivity index (χ2v) is 6.15. The van der Waals surface area contributed by atoms with Crippen molar-refractivity contribution < 1.29 is 4.79 Å². The number of para-hydroxylation sites is 1. The molecule has 0 radical (unpaired) electrons. The van der Waals surface area contributed by atoms with E-state index in [9.17, 15) is 9.59 Å². The Labute approximate surface area is 145 Å². The number of hydrogen-bond acceptors (Lipinski definition) is 6. The molecule has 0 spiro atoms. The maximum absolute atomic E-state index is 12.6. The number of anilines is 1. The van der Waals surface area contributed by atoms with E-state index in [0.717, 1.165) is 0 Å². The predicted molar refractivity (Wildman–Crippen MR) is 95.7 cm³/mol. The van der Waals surface area contributed by atoms with E-state index in [2.05, 4.69) is 25.5 Å². The lowest BCUT2D eigenvalue weighted by molar-refractivity contribution is 0.102. The highest BCUT2D eigenvalue weighted by atomic mass is 32.1. The highest BCUT2D eigenvalue weighted by Gasteiger charge is 2.15. The fourth-order valence-corrected chi connectivity index (χ4v) is 3.14. The molecule has 8 heteroatoms. The van der Waals surface area contributed by atoms with Gasteiger partial charge in [0.1, 0.15) is 5.69 Å². The van der Waals surface area contributed by atoms with Crippen LogP contribution < -0.4 is 10.9 Å². The Balaban J connectivity index is 1.65. The number of H-pyrrole nitrogens is 1. The van der Waals surface area contributed by atoms with Crippen molar-refractivity contribution in [1.82, 2.24) is 20.2 Å². The Morgan fingerprint density at radius 3 is 2.76 bits per heavy atom. The molecule has 4 rings (SSSR count). The number of fused-ring (bicyclic) bond motifs is 1. The Kier molecular flexibility index (Phi) is 3.79. The number of nitrogens with one attached hydrogen (secondary N) is 2. The van der Waals surface area contributed by atoms with Crippen LogP contribution in [0.15, 0.2) is 59.5 Å².